The Morgan fingerprint density at radius 1 is 1.50 bits per heavy atom. The fourth-order valence-corrected chi connectivity index (χ4v) is 0.818. The monoisotopic (exact) mass is 235 g/mol. The molecule has 0 amide bonds. The van der Waals surface area contributed by atoms with Gasteiger partial charge in [-0.25, -0.2) is 4.79 Å². The highest BCUT2D eigenvalue weighted by Crippen LogP contribution is 2.24. The standard InChI is InChI=1S/C5H8F3NO4S/c1-2-3(9)4(10)13-14(11,12)5(6,7)8/h3H,2,9H2,1H3. The second-order valence-corrected chi connectivity index (χ2v) is 3.85. The number of hydrogen-bond acceptors (Lipinski definition) is 5. The summed E-state index contributed by atoms with van der Waals surface area (Å²) < 4.78 is 58.7. The molecule has 0 spiro atoms. The van der Waals surface area contributed by atoms with Gasteiger partial charge in [-0.1, -0.05) is 6.92 Å². The molecule has 1 atom stereocenters. The Hall–Kier alpha value is -0.830. The number of alkyl halides is 3. The Morgan fingerprint density at radius 3 is 2.21 bits per heavy atom. The van der Waals surface area contributed by atoms with Crippen LogP contribution in [-0.4, -0.2) is 25.9 Å². The Bertz CT molecular complexity index is 309. The lowest BCUT2D eigenvalue weighted by Crippen LogP contribution is -2.36. The summed E-state index contributed by atoms with van der Waals surface area (Å²) in [6.07, 6.45) is -0.0216. The Labute approximate surface area is 78.1 Å². The fraction of sp³-hybridized carbons (Fsp3) is 0.800. The summed E-state index contributed by atoms with van der Waals surface area (Å²) >= 11 is 0. The van der Waals surface area contributed by atoms with Crippen LogP contribution in [0.15, 0.2) is 0 Å². The van der Waals surface area contributed by atoms with Crippen molar-refractivity contribution in [3.05, 3.63) is 0 Å². The zero-order valence-corrected chi connectivity index (χ0v) is 7.85. The van der Waals surface area contributed by atoms with Crippen molar-refractivity contribution >= 4 is 16.1 Å². The van der Waals surface area contributed by atoms with Crippen molar-refractivity contribution in [2.24, 2.45) is 5.73 Å². The fourth-order valence-electron chi connectivity index (χ4n) is 0.384. The summed E-state index contributed by atoms with van der Waals surface area (Å²) in [6.45, 7) is 1.39. The Morgan fingerprint density at radius 2 is 1.93 bits per heavy atom. The highest BCUT2D eigenvalue weighted by Gasteiger charge is 2.49. The zero-order valence-electron chi connectivity index (χ0n) is 7.04. The SMILES string of the molecule is CCC(N)C(=O)OS(=O)(=O)C(F)(F)F. The van der Waals surface area contributed by atoms with Crippen LogP contribution in [0.4, 0.5) is 13.2 Å². The summed E-state index contributed by atoms with van der Waals surface area (Å²) in [6, 6.07) is -1.38. The van der Waals surface area contributed by atoms with Crippen molar-refractivity contribution in [1.29, 1.82) is 0 Å². The molecule has 0 saturated heterocycles. The molecule has 0 fully saturated rings. The van der Waals surface area contributed by atoms with Crippen LogP contribution in [0.1, 0.15) is 13.3 Å². The lowest BCUT2D eigenvalue weighted by Gasteiger charge is -2.10. The van der Waals surface area contributed by atoms with Crippen LogP contribution in [0.25, 0.3) is 0 Å². The third-order valence-corrected chi connectivity index (χ3v) is 2.17. The molecule has 0 aromatic carbocycles. The summed E-state index contributed by atoms with van der Waals surface area (Å²) in [4.78, 5) is 10.6. The molecule has 9 heteroatoms. The van der Waals surface area contributed by atoms with Gasteiger partial charge in [-0.2, -0.15) is 21.6 Å². The normalized spacial score (nSPS) is 14.9. The summed E-state index contributed by atoms with van der Waals surface area (Å²) in [7, 11) is -5.88. The maximum atomic E-state index is 11.7. The van der Waals surface area contributed by atoms with E-state index in [1.807, 2.05) is 0 Å². The van der Waals surface area contributed by atoms with Crippen LogP contribution < -0.4 is 5.73 Å². The smallest absolute Gasteiger partial charge is 0.338 e. The van der Waals surface area contributed by atoms with Crippen molar-refractivity contribution in [1.82, 2.24) is 0 Å². The number of carbonyl (C=O) groups is 1. The maximum Gasteiger partial charge on any atom is 0.534 e. The van der Waals surface area contributed by atoms with Crippen molar-refractivity contribution < 1.29 is 30.6 Å². The average Bonchev–Trinajstić information content (AvgIpc) is 2.00. The first-order valence-electron chi connectivity index (χ1n) is 3.42. The van der Waals surface area contributed by atoms with Crippen molar-refractivity contribution in [3.8, 4) is 0 Å². The number of hydrogen-bond donors (Lipinski definition) is 1. The molecule has 0 aromatic heterocycles. The molecule has 0 radical (unpaired) electrons. The molecule has 0 bridgehead atoms. The Balaban J connectivity index is 4.63. The second-order valence-electron chi connectivity index (χ2n) is 2.32. The zero-order chi connectivity index (χ0) is 11.6. The summed E-state index contributed by atoms with van der Waals surface area (Å²) in [5, 5.41) is 0. The molecule has 1 unspecified atom stereocenters. The van der Waals surface area contributed by atoms with Gasteiger partial charge >= 0.3 is 21.6 Å². The molecular weight excluding hydrogens is 227 g/mol. The first-order valence-corrected chi connectivity index (χ1v) is 4.82. The van der Waals surface area contributed by atoms with Crippen LogP contribution in [0.3, 0.4) is 0 Å². The molecule has 0 heterocycles. The predicted octanol–water partition coefficient (Wildman–Crippen LogP) is 0.116. The van der Waals surface area contributed by atoms with Gasteiger partial charge in [0.1, 0.15) is 6.04 Å². The third kappa shape index (κ3) is 3.14. The molecular formula is C5H8F3NO4S. The molecule has 14 heavy (non-hydrogen) atoms. The minimum atomic E-state index is -5.88. The van der Waals surface area contributed by atoms with Crippen molar-refractivity contribution in [2.45, 2.75) is 24.9 Å². The first-order chi connectivity index (χ1) is 6.12. The lowest BCUT2D eigenvalue weighted by molar-refractivity contribution is -0.137. The van der Waals surface area contributed by atoms with E-state index in [1.54, 1.807) is 0 Å². The highest BCUT2D eigenvalue weighted by molar-refractivity contribution is 7.88. The first kappa shape index (κ1) is 13.2. The van der Waals surface area contributed by atoms with E-state index in [9.17, 15) is 26.4 Å². The van der Waals surface area contributed by atoms with E-state index >= 15 is 0 Å². The number of nitrogens with two attached hydrogens (primary N) is 1. The number of halogens is 3. The highest BCUT2D eigenvalue weighted by atomic mass is 32.2. The van der Waals surface area contributed by atoms with Gasteiger partial charge in [-0.3, -0.25) is 0 Å². The van der Waals surface area contributed by atoms with Crippen LogP contribution in [0.5, 0.6) is 0 Å². The van der Waals surface area contributed by atoms with E-state index < -0.39 is 27.6 Å². The van der Waals surface area contributed by atoms with Gasteiger partial charge in [0.25, 0.3) is 0 Å². The van der Waals surface area contributed by atoms with Crippen LogP contribution in [0, 0.1) is 0 Å². The Kier molecular flexibility index (Phi) is 3.89. The van der Waals surface area contributed by atoms with Crippen LogP contribution >= 0.6 is 0 Å². The molecule has 0 aliphatic carbocycles. The van der Waals surface area contributed by atoms with Gasteiger partial charge in [0.05, 0.1) is 0 Å². The predicted molar refractivity (Wildman–Crippen MR) is 39.3 cm³/mol. The largest absolute Gasteiger partial charge is 0.534 e. The molecule has 0 aromatic rings. The molecule has 0 saturated carbocycles. The van der Waals surface area contributed by atoms with Gasteiger partial charge in [0.15, 0.2) is 0 Å². The molecule has 2 N–H and O–H groups in total. The number of carbonyl (C=O) groups excluding carboxylic acids is 1. The molecule has 0 aliphatic heterocycles. The van der Waals surface area contributed by atoms with Gasteiger partial charge in [0, 0.05) is 0 Å². The summed E-state index contributed by atoms with van der Waals surface area (Å²) in [5.74, 6) is -1.62. The van der Waals surface area contributed by atoms with E-state index in [0.717, 1.165) is 0 Å². The minimum Gasteiger partial charge on any atom is -0.338 e. The van der Waals surface area contributed by atoms with E-state index in [-0.39, 0.29) is 6.42 Å². The van der Waals surface area contributed by atoms with E-state index in [4.69, 9.17) is 5.73 Å². The second kappa shape index (κ2) is 4.13. The quantitative estimate of drug-likeness (QED) is 0.554. The molecule has 0 rings (SSSR count). The molecule has 0 aliphatic rings. The van der Waals surface area contributed by atoms with Gasteiger partial charge in [-0.05, 0) is 6.42 Å². The third-order valence-electron chi connectivity index (χ3n) is 1.22. The van der Waals surface area contributed by atoms with Gasteiger partial charge in [0.2, 0.25) is 0 Å². The average molecular weight is 235 g/mol. The van der Waals surface area contributed by atoms with Crippen molar-refractivity contribution in [3.63, 3.8) is 0 Å². The van der Waals surface area contributed by atoms with Crippen LogP contribution in [-0.2, 0) is 19.1 Å². The lowest BCUT2D eigenvalue weighted by atomic mass is 10.2. The van der Waals surface area contributed by atoms with Crippen LogP contribution in [0.2, 0.25) is 0 Å². The molecule has 5 nitrogen and oxygen atoms in total. The maximum absolute atomic E-state index is 11.7. The van der Waals surface area contributed by atoms with E-state index in [0.29, 0.717) is 0 Å². The van der Waals surface area contributed by atoms with Gasteiger partial charge < -0.3 is 9.92 Å². The van der Waals surface area contributed by atoms with E-state index in [2.05, 4.69) is 4.18 Å². The summed E-state index contributed by atoms with van der Waals surface area (Å²) in [5.41, 5.74) is -0.654. The molecule has 84 valence electrons. The number of rotatable bonds is 3. The van der Waals surface area contributed by atoms with Gasteiger partial charge in [-0.15, -0.1) is 0 Å². The topological polar surface area (TPSA) is 86.5 Å². The van der Waals surface area contributed by atoms with Crippen molar-refractivity contribution in [2.75, 3.05) is 0 Å². The minimum absolute atomic E-state index is 0.0216. The van der Waals surface area contributed by atoms with E-state index in [1.165, 1.54) is 6.92 Å².